The summed E-state index contributed by atoms with van der Waals surface area (Å²) in [6, 6.07) is 15.4. The van der Waals surface area contributed by atoms with Gasteiger partial charge < -0.3 is 20.1 Å². The highest BCUT2D eigenvalue weighted by molar-refractivity contribution is 5.95. The molecule has 6 heteroatoms. The van der Waals surface area contributed by atoms with Gasteiger partial charge in [0.25, 0.3) is 5.91 Å². The third kappa shape index (κ3) is 4.73. The Morgan fingerprint density at radius 3 is 2.37 bits per heavy atom. The lowest BCUT2D eigenvalue weighted by atomic mass is 9.95. The maximum Gasteiger partial charge on any atom is 0.254 e. The van der Waals surface area contributed by atoms with E-state index in [0.717, 1.165) is 0 Å². The van der Waals surface area contributed by atoms with Gasteiger partial charge in [0.2, 0.25) is 0 Å². The van der Waals surface area contributed by atoms with E-state index < -0.39 is 0 Å². The second-order valence-electron chi connectivity index (χ2n) is 6.42. The molecule has 0 bridgehead atoms. The van der Waals surface area contributed by atoms with Crippen molar-refractivity contribution in [2.75, 3.05) is 26.3 Å². The molecule has 1 saturated heterocycles. The first kappa shape index (κ1) is 21.1. The molecule has 27 heavy (non-hydrogen) atoms. The molecule has 2 N–H and O–H groups in total. The number of hydrogen-bond donors (Lipinski definition) is 1. The van der Waals surface area contributed by atoms with Crippen LogP contribution >= 0.6 is 12.4 Å². The maximum absolute atomic E-state index is 13.0. The van der Waals surface area contributed by atoms with Gasteiger partial charge in [-0.15, -0.1) is 12.4 Å². The van der Waals surface area contributed by atoms with Gasteiger partial charge >= 0.3 is 0 Å². The zero-order valence-corrected chi connectivity index (χ0v) is 16.6. The molecule has 1 aliphatic rings. The van der Waals surface area contributed by atoms with Crippen LogP contribution in [0.2, 0.25) is 0 Å². The van der Waals surface area contributed by atoms with Crippen LogP contribution in [-0.2, 0) is 0 Å². The van der Waals surface area contributed by atoms with Crippen molar-refractivity contribution in [1.82, 2.24) is 4.90 Å². The first-order valence-electron chi connectivity index (χ1n) is 9.13. The SMILES string of the molecule is CCOc1ccc(C(=O)N2C[C@@H](N)[C@H](c3ccccc3)C2)cc1OCC.Cl. The Hall–Kier alpha value is -2.24. The lowest BCUT2D eigenvalue weighted by Gasteiger charge is -2.18. The van der Waals surface area contributed by atoms with Gasteiger partial charge in [-0.3, -0.25) is 4.79 Å². The predicted octanol–water partition coefficient (Wildman–Crippen LogP) is 3.47. The molecule has 146 valence electrons. The largest absolute Gasteiger partial charge is 0.490 e. The molecule has 1 amide bonds. The molecule has 1 aliphatic heterocycles. The normalized spacial score (nSPS) is 18.7. The summed E-state index contributed by atoms with van der Waals surface area (Å²) in [5.74, 6) is 1.39. The van der Waals surface area contributed by atoms with E-state index in [1.807, 2.05) is 36.9 Å². The second kappa shape index (κ2) is 9.62. The third-order valence-corrected chi connectivity index (χ3v) is 4.67. The van der Waals surface area contributed by atoms with Gasteiger partial charge in [-0.1, -0.05) is 30.3 Å². The van der Waals surface area contributed by atoms with E-state index in [4.69, 9.17) is 15.2 Å². The van der Waals surface area contributed by atoms with Crippen molar-refractivity contribution in [2.24, 2.45) is 5.73 Å². The Kier molecular flexibility index (Phi) is 7.51. The molecule has 5 nitrogen and oxygen atoms in total. The number of nitrogens with zero attached hydrogens (tertiary/aromatic N) is 1. The number of carbonyl (C=O) groups is 1. The number of benzene rings is 2. The summed E-state index contributed by atoms with van der Waals surface area (Å²) in [6.45, 7) is 6.07. The Labute approximate surface area is 166 Å². The molecule has 2 aromatic rings. The summed E-state index contributed by atoms with van der Waals surface area (Å²) in [5.41, 5.74) is 8.09. The highest BCUT2D eigenvalue weighted by Crippen LogP contribution is 2.31. The lowest BCUT2D eigenvalue weighted by molar-refractivity contribution is 0.0788. The van der Waals surface area contributed by atoms with E-state index >= 15 is 0 Å². The van der Waals surface area contributed by atoms with Crippen LogP contribution in [0, 0.1) is 0 Å². The Bertz CT molecular complexity index is 754. The van der Waals surface area contributed by atoms with Crippen molar-refractivity contribution in [1.29, 1.82) is 0 Å². The van der Waals surface area contributed by atoms with Crippen molar-refractivity contribution in [3.63, 3.8) is 0 Å². The average Bonchev–Trinajstić information content (AvgIpc) is 3.05. The van der Waals surface area contributed by atoms with Gasteiger partial charge in [0.15, 0.2) is 11.5 Å². The molecule has 0 radical (unpaired) electrons. The van der Waals surface area contributed by atoms with E-state index in [1.165, 1.54) is 5.56 Å². The summed E-state index contributed by atoms with van der Waals surface area (Å²) in [6.07, 6.45) is 0. The number of carbonyl (C=O) groups excluding carboxylic acids is 1. The highest BCUT2D eigenvalue weighted by Gasteiger charge is 2.34. The summed E-state index contributed by atoms with van der Waals surface area (Å²) < 4.78 is 11.2. The molecule has 3 rings (SSSR count). The zero-order chi connectivity index (χ0) is 18.5. The van der Waals surface area contributed by atoms with Crippen LogP contribution in [0.4, 0.5) is 0 Å². The topological polar surface area (TPSA) is 64.8 Å². The van der Waals surface area contributed by atoms with E-state index in [1.54, 1.807) is 18.2 Å². The molecule has 2 atom stereocenters. The minimum Gasteiger partial charge on any atom is -0.490 e. The van der Waals surface area contributed by atoms with E-state index in [2.05, 4.69) is 12.1 Å². The van der Waals surface area contributed by atoms with E-state index in [9.17, 15) is 4.79 Å². The molecule has 0 saturated carbocycles. The van der Waals surface area contributed by atoms with Crippen molar-refractivity contribution in [3.05, 3.63) is 59.7 Å². The standard InChI is InChI=1S/C21H26N2O3.ClH/c1-3-25-19-11-10-16(12-20(19)26-4-2)21(24)23-13-17(18(22)14-23)15-8-6-5-7-9-15;/h5-12,17-18H,3-4,13-14,22H2,1-2H3;1H/t17-,18+;/m0./s1. The number of ether oxygens (including phenoxy) is 2. The molecule has 0 unspecified atom stereocenters. The minimum absolute atomic E-state index is 0. The van der Waals surface area contributed by atoms with Crippen LogP contribution in [0.15, 0.2) is 48.5 Å². The fraction of sp³-hybridized carbons (Fsp3) is 0.381. The monoisotopic (exact) mass is 390 g/mol. The summed E-state index contributed by atoms with van der Waals surface area (Å²) in [4.78, 5) is 14.8. The number of amides is 1. The molecule has 1 heterocycles. The molecular formula is C21H27ClN2O3. The Balaban J connectivity index is 0.00000261. The van der Waals surface area contributed by atoms with Gasteiger partial charge in [0, 0.05) is 30.6 Å². The van der Waals surface area contributed by atoms with Gasteiger partial charge in [-0.2, -0.15) is 0 Å². The number of nitrogens with two attached hydrogens (primary N) is 1. The van der Waals surface area contributed by atoms with Crippen LogP contribution in [0.3, 0.4) is 0 Å². The maximum atomic E-state index is 13.0. The summed E-state index contributed by atoms with van der Waals surface area (Å²) >= 11 is 0. The molecular weight excluding hydrogens is 364 g/mol. The fourth-order valence-electron chi connectivity index (χ4n) is 3.41. The van der Waals surface area contributed by atoms with Gasteiger partial charge in [-0.25, -0.2) is 0 Å². The van der Waals surface area contributed by atoms with Crippen molar-refractivity contribution in [2.45, 2.75) is 25.8 Å². The number of halogens is 1. The van der Waals surface area contributed by atoms with Crippen molar-refractivity contribution < 1.29 is 14.3 Å². The molecule has 0 spiro atoms. The molecule has 2 aromatic carbocycles. The lowest BCUT2D eigenvalue weighted by Crippen LogP contribution is -2.32. The quantitative estimate of drug-likeness (QED) is 0.820. The Morgan fingerprint density at radius 2 is 1.70 bits per heavy atom. The van der Waals surface area contributed by atoms with Crippen molar-refractivity contribution >= 4 is 18.3 Å². The predicted molar refractivity (Wildman–Crippen MR) is 109 cm³/mol. The zero-order valence-electron chi connectivity index (χ0n) is 15.8. The fourth-order valence-corrected chi connectivity index (χ4v) is 3.41. The summed E-state index contributed by atoms with van der Waals surface area (Å²) in [5, 5.41) is 0. The number of hydrogen-bond acceptors (Lipinski definition) is 4. The van der Waals surface area contributed by atoms with Crippen LogP contribution in [0.5, 0.6) is 11.5 Å². The van der Waals surface area contributed by atoms with E-state index in [0.29, 0.717) is 43.4 Å². The smallest absolute Gasteiger partial charge is 0.254 e. The third-order valence-electron chi connectivity index (χ3n) is 4.67. The number of rotatable bonds is 6. The average molecular weight is 391 g/mol. The van der Waals surface area contributed by atoms with Crippen molar-refractivity contribution in [3.8, 4) is 11.5 Å². The van der Waals surface area contributed by atoms with E-state index in [-0.39, 0.29) is 30.3 Å². The first-order chi connectivity index (χ1) is 12.6. The number of likely N-dealkylation sites (tertiary alicyclic amines) is 1. The molecule has 0 aromatic heterocycles. The van der Waals surface area contributed by atoms with Crippen LogP contribution in [-0.4, -0.2) is 43.2 Å². The van der Waals surface area contributed by atoms with Crippen LogP contribution in [0.25, 0.3) is 0 Å². The van der Waals surface area contributed by atoms with Crippen LogP contribution < -0.4 is 15.2 Å². The summed E-state index contributed by atoms with van der Waals surface area (Å²) in [7, 11) is 0. The van der Waals surface area contributed by atoms with Crippen LogP contribution in [0.1, 0.15) is 35.7 Å². The second-order valence-corrected chi connectivity index (χ2v) is 6.42. The molecule has 0 aliphatic carbocycles. The molecule has 1 fully saturated rings. The van der Waals surface area contributed by atoms with Gasteiger partial charge in [-0.05, 0) is 37.6 Å². The van der Waals surface area contributed by atoms with Gasteiger partial charge in [0.05, 0.1) is 13.2 Å². The van der Waals surface area contributed by atoms with Gasteiger partial charge in [0.1, 0.15) is 0 Å². The Morgan fingerprint density at radius 1 is 1.04 bits per heavy atom. The first-order valence-corrected chi connectivity index (χ1v) is 9.13. The highest BCUT2D eigenvalue weighted by atomic mass is 35.5. The minimum atomic E-state index is -0.0598.